The van der Waals surface area contributed by atoms with Gasteiger partial charge in [-0.3, -0.25) is 9.59 Å². The zero-order chi connectivity index (χ0) is 16.9. The third-order valence-corrected chi connectivity index (χ3v) is 5.91. The van der Waals surface area contributed by atoms with Crippen molar-refractivity contribution in [3.63, 3.8) is 0 Å². The molecule has 5 heteroatoms. The average Bonchev–Trinajstić information content (AvgIpc) is 3.02. The number of nitrogens with zero attached hydrogens (tertiary/aromatic N) is 2. The van der Waals surface area contributed by atoms with Crippen LogP contribution in [0.5, 0.6) is 0 Å². The maximum absolute atomic E-state index is 12.9. The Kier molecular flexibility index (Phi) is 6.14. The van der Waals surface area contributed by atoms with Crippen molar-refractivity contribution >= 4 is 11.8 Å². The lowest BCUT2D eigenvalue weighted by Crippen LogP contribution is -2.45. The molecule has 136 valence electrons. The second-order valence-electron chi connectivity index (χ2n) is 7.69. The SMILES string of the molecule is CCOCC1CCCN(C(=O)C2CC(=O)N(C3CCCCC3)C2)C1. The fourth-order valence-corrected chi connectivity index (χ4v) is 4.59. The summed E-state index contributed by atoms with van der Waals surface area (Å²) in [6, 6.07) is 0.385. The Labute approximate surface area is 145 Å². The molecule has 1 saturated carbocycles. The first-order valence-corrected chi connectivity index (χ1v) is 9.85. The third-order valence-electron chi connectivity index (χ3n) is 5.91. The molecule has 2 saturated heterocycles. The summed E-state index contributed by atoms with van der Waals surface area (Å²) in [5, 5.41) is 0. The predicted octanol–water partition coefficient (Wildman–Crippen LogP) is 2.44. The Morgan fingerprint density at radius 2 is 1.92 bits per heavy atom. The second kappa shape index (κ2) is 8.32. The number of amides is 2. The Hall–Kier alpha value is -1.10. The van der Waals surface area contributed by atoms with Gasteiger partial charge >= 0.3 is 0 Å². The normalized spacial score (nSPS) is 29.3. The van der Waals surface area contributed by atoms with E-state index in [1.54, 1.807) is 0 Å². The van der Waals surface area contributed by atoms with Crippen LogP contribution < -0.4 is 0 Å². The summed E-state index contributed by atoms with van der Waals surface area (Å²) in [4.78, 5) is 29.3. The van der Waals surface area contributed by atoms with Gasteiger partial charge in [0.1, 0.15) is 0 Å². The van der Waals surface area contributed by atoms with Gasteiger partial charge in [-0.1, -0.05) is 19.3 Å². The Balaban J connectivity index is 1.54. The van der Waals surface area contributed by atoms with Crippen molar-refractivity contribution in [1.29, 1.82) is 0 Å². The Bertz CT molecular complexity index is 448. The topological polar surface area (TPSA) is 49.9 Å². The van der Waals surface area contributed by atoms with Crippen LogP contribution in [0.1, 0.15) is 58.3 Å². The lowest BCUT2D eigenvalue weighted by molar-refractivity contribution is -0.138. The molecule has 3 aliphatic rings. The molecule has 2 heterocycles. The van der Waals surface area contributed by atoms with Gasteiger partial charge in [0, 0.05) is 38.7 Å². The van der Waals surface area contributed by atoms with Crippen molar-refractivity contribution in [2.75, 3.05) is 32.8 Å². The predicted molar refractivity (Wildman–Crippen MR) is 92.5 cm³/mol. The molecule has 0 aromatic rings. The molecule has 2 aliphatic heterocycles. The number of carbonyl (C=O) groups excluding carboxylic acids is 2. The molecule has 5 nitrogen and oxygen atoms in total. The summed E-state index contributed by atoms with van der Waals surface area (Å²) >= 11 is 0. The molecule has 0 N–H and O–H groups in total. The third kappa shape index (κ3) is 4.11. The van der Waals surface area contributed by atoms with Gasteiger partial charge in [0.2, 0.25) is 11.8 Å². The fourth-order valence-electron chi connectivity index (χ4n) is 4.59. The summed E-state index contributed by atoms with van der Waals surface area (Å²) in [6.45, 7) is 5.78. The minimum atomic E-state index is -0.120. The van der Waals surface area contributed by atoms with Crippen molar-refractivity contribution in [1.82, 2.24) is 9.80 Å². The van der Waals surface area contributed by atoms with E-state index in [4.69, 9.17) is 4.74 Å². The summed E-state index contributed by atoms with van der Waals surface area (Å²) in [7, 11) is 0. The molecule has 0 bridgehead atoms. The highest BCUT2D eigenvalue weighted by molar-refractivity contribution is 5.89. The molecule has 0 aromatic carbocycles. The van der Waals surface area contributed by atoms with Crippen molar-refractivity contribution < 1.29 is 14.3 Å². The molecule has 0 spiro atoms. The monoisotopic (exact) mass is 336 g/mol. The van der Waals surface area contributed by atoms with Crippen LogP contribution in [0, 0.1) is 11.8 Å². The first-order chi connectivity index (χ1) is 11.7. The molecule has 0 aromatic heterocycles. The highest BCUT2D eigenvalue weighted by atomic mass is 16.5. The van der Waals surface area contributed by atoms with E-state index in [1.165, 1.54) is 19.3 Å². The number of hydrogen-bond acceptors (Lipinski definition) is 3. The van der Waals surface area contributed by atoms with Crippen LogP contribution in [0.15, 0.2) is 0 Å². The van der Waals surface area contributed by atoms with Gasteiger partial charge in [-0.05, 0) is 38.5 Å². The standard InChI is InChI=1S/C19H32N2O3/c1-2-24-14-15-7-6-10-20(12-15)19(23)16-11-18(22)21(13-16)17-8-4-3-5-9-17/h15-17H,2-14H2,1H3. The van der Waals surface area contributed by atoms with E-state index in [2.05, 4.69) is 0 Å². The summed E-state index contributed by atoms with van der Waals surface area (Å²) in [5.41, 5.74) is 0. The van der Waals surface area contributed by atoms with Gasteiger partial charge < -0.3 is 14.5 Å². The maximum atomic E-state index is 12.9. The van der Waals surface area contributed by atoms with Gasteiger partial charge in [0.05, 0.1) is 12.5 Å². The van der Waals surface area contributed by atoms with Crippen molar-refractivity contribution in [3.05, 3.63) is 0 Å². The maximum Gasteiger partial charge on any atom is 0.228 e. The number of rotatable bonds is 5. The van der Waals surface area contributed by atoms with Crippen molar-refractivity contribution in [2.24, 2.45) is 11.8 Å². The van der Waals surface area contributed by atoms with E-state index < -0.39 is 0 Å². The van der Waals surface area contributed by atoms with Crippen LogP contribution in [0.3, 0.4) is 0 Å². The minimum Gasteiger partial charge on any atom is -0.381 e. The highest BCUT2D eigenvalue weighted by Crippen LogP contribution is 2.30. The lowest BCUT2D eigenvalue weighted by atomic mass is 9.94. The largest absolute Gasteiger partial charge is 0.381 e. The lowest BCUT2D eigenvalue weighted by Gasteiger charge is -2.34. The van der Waals surface area contributed by atoms with E-state index in [0.717, 1.165) is 52.0 Å². The molecule has 3 fully saturated rings. The van der Waals surface area contributed by atoms with Crippen LogP contribution in [0.4, 0.5) is 0 Å². The molecule has 3 rings (SSSR count). The van der Waals surface area contributed by atoms with E-state index in [-0.39, 0.29) is 17.7 Å². The quantitative estimate of drug-likeness (QED) is 0.775. The number of likely N-dealkylation sites (tertiary alicyclic amines) is 2. The smallest absolute Gasteiger partial charge is 0.228 e. The van der Waals surface area contributed by atoms with Crippen LogP contribution in [0.2, 0.25) is 0 Å². The molecular formula is C19H32N2O3. The van der Waals surface area contributed by atoms with Crippen LogP contribution in [0.25, 0.3) is 0 Å². The molecule has 1 aliphatic carbocycles. The van der Waals surface area contributed by atoms with Gasteiger partial charge in [0.25, 0.3) is 0 Å². The van der Waals surface area contributed by atoms with Crippen LogP contribution in [-0.2, 0) is 14.3 Å². The minimum absolute atomic E-state index is 0.120. The summed E-state index contributed by atoms with van der Waals surface area (Å²) in [5.74, 6) is 0.727. The number of carbonyl (C=O) groups is 2. The highest BCUT2D eigenvalue weighted by Gasteiger charge is 2.40. The van der Waals surface area contributed by atoms with Crippen molar-refractivity contribution in [3.8, 4) is 0 Å². The first-order valence-electron chi connectivity index (χ1n) is 9.85. The zero-order valence-corrected chi connectivity index (χ0v) is 15.0. The molecular weight excluding hydrogens is 304 g/mol. The fraction of sp³-hybridized carbons (Fsp3) is 0.895. The Morgan fingerprint density at radius 3 is 2.67 bits per heavy atom. The van der Waals surface area contributed by atoms with E-state index in [1.807, 2.05) is 16.7 Å². The van der Waals surface area contributed by atoms with Crippen molar-refractivity contribution in [2.45, 2.75) is 64.3 Å². The van der Waals surface area contributed by atoms with Gasteiger partial charge in [-0.15, -0.1) is 0 Å². The van der Waals surface area contributed by atoms with Gasteiger partial charge in [-0.25, -0.2) is 0 Å². The van der Waals surface area contributed by atoms with Crippen LogP contribution in [-0.4, -0.2) is 60.5 Å². The zero-order valence-electron chi connectivity index (χ0n) is 15.0. The van der Waals surface area contributed by atoms with E-state index >= 15 is 0 Å². The number of ether oxygens (including phenoxy) is 1. The van der Waals surface area contributed by atoms with Crippen LogP contribution >= 0.6 is 0 Å². The second-order valence-corrected chi connectivity index (χ2v) is 7.69. The summed E-state index contributed by atoms with van der Waals surface area (Å²) < 4.78 is 5.54. The molecule has 2 unspecified atom stereocenters. The van der Waals surface area contributed by atoms with Gasteiger partial charge in [0.15, 0.2) is 0 Å². The number of hydrogen-bond donors (Lipinski definition) is 0. The van der Waals surface area contributed by atoms with E-state index in [9.17, 15) is 9.59 Å². The Morgan fingerprint density at radius 1 is 1.12 bits per heavy atom. The van der Waals surface area contributed by atoms with Gasteiger partial charge in [-0.2, -0.15) is 0 Å². The first kappa shape index (κ1) is 17.7. The van der Waals surface area contributed by atoms with E-state index in [0.29, 0.717) is 24.9 Å². The molecule has 24 heavy (non-hydrogen) atoms. The average molecular weight is 336 g/mol. The summed E-state index contributed by atoms with van der Waals surface area (Å²) in [6.07, 6.45) is 8.58. The molecule has 2 amide bonds. The molecule has 2 atom stereocenters. The molecule has 0 radical (unpaired) electrons. The number of piperidine rings is 1.